The number of ether oxygens (including phenoxy) is 1. The van der Waals surface area contributed by atoms with E-state index in [2.05, 4.69) is 50.8 Å². The van der Waals surface area contributed by atoms with E-state index in [-0.39, 0.29) is 0 Å². The van der Waals surface area contributed by atoms with E-state index >= 15 is 0 Å². The lowest BCUT2D eigenvalue weighted by molar-refractivity contribution is 0.341. The number of fused-ring (bicyclic) bond motifs is 3. The number of benzene rings is 2. The first-order valence-corrected chi connectivity index (χ1v) is 8.66. The molecular formula is C17H13BrN2OS. The highest BCUT2D eigenvalue weighted by molar-refractivity contribution is 9.10. The largest absolute Gasteiger partial charge is 0.494 e. The van der Waals surface area contributed by atoms with Crippen LogP contribution in [0.2, 0.25) is 0 Å². The Bertz CT molecular complexity index is 956. The van der Waals surface area contributed by atoms with Crippen LogP contribution >= 0.6 is 27.3 Å². The van der Waals surface area contributed by atoms with Gasteiger partial charge < -0.3 is 4.74 Å². The van der Waals surface area contributed by atoms with Crippen LogP contribution < -0.4 is 4.74 Å². The van der Waals surface area contributed by atoms with Gasteiger partial charge in [0.1, 0.15) is 5.75 Å². The summed E-state index contributed by atoms with van der Waals surface area (Å²) in [6.45, 7) is 2.68. The molecule has 2 aromatic carbocycles. The zero-order chi connectivity index (χ0) is 15.1. The summed E-state index contributed by atoms with van der Waals surface area (Å²) in [5.74, 6) is 0.910. The predicted octanol–water partition coefficient (Wildman–Crippen LogP) is 5.38. The van der Waals surface area contributed by atoms with Crippen molar-refractivity contribution < 1.29 is 4.74 Å². The van der Waals surface area contributed by atoms with E-state index in [9.17, 15) is 0 Å². The Morgan fingerprint density at radius 3 is 2.77 bits per heavy atom. The molecule has 0 bridgehead atoms. The van der Waals surface area contributed by atoms with Crippen molar-refractivity contribution in [1.29, 1.82) is 0 Å². The summed E-state index contributed by atoms with van der Waals surface area (Å²) in [4.78, 5) is 5.75. The van der Waals surface area contributed by atoms with Gasteiger partial charge in [0.15, 0.2) is 4.96 Å². The monoisotopic (exact) mass is 372 g/mol. The molecule has 0 saturated heterocycles. The number of nitrogens with zero attached hydrogens (tertiary/aromatic N) is 2. The van der Waals surface area contributed by atoms with E-state index in [4.69, 9.17) is 9.72 Å². The van der Waals surface area contributed by atoms with Crippen molar-refractivity contribution in [2.75, 3.05) is 6.61 Å². The third-order valence-corrected chi connectivity index (χ3v) is 5.06. The van der Waals surface area contributed by atoms with Crippen molar-refractivity contribution in [1.82, 2.24) is 9.38 Å². The van der Waals surface area contributed by atoms with E-state index in [1.165, 1.54) is 10.2 Å². The fourth-order valence-corrected chi connectivity index (χ4v) is 3.80. The Morgan fingerprint density at radius 1 is 1.18 bits per heavy atom. The first-order valence-electron chi connectivity index (χ1n) is 7.05. The summed E-state index contributed by atoms with van der Waals surface area (Å²) in [6, 6.07) is 14.4. The van der Waals surface area contributed by atoms with Crippen LogP contribution in [-0.4, -0.2) is 16.0 Å². The topological polar surface area (TPSA) is 26.5 Å². The molecule has 0 radical (unpaired) electrons. The number of halogens is 1. The third kappa shape index (κ3) is 2.30. The molecule has 0 aliphatic heterocycles. The van der Waals surface area contributed by atoms with Crippen LogP contribution in [0, 0.1) is 0 Å². The predicted molar refractivity (Wildman–Crippen MR) is 94.9 cm³/mol. The lowest BCUT2D eigenvalue weighted by atomic mass is 10.2. The number of imidazole rings is 1. The summed E-state index contributed by atoms with van der Waals surface area (Å²) in [5.41, 5.74) is 3.28. The molecular weight excluding hydrogens is 360 g/mol. The molecule has 110 valence electrons. The number of hydrogen-bond donors (Lipinski definition) is 0. The summed E-state index contributed by atoms with van der Waals surface area (Å²) in [7, 11) is 0. The van der Waals surface area contributed by atoms with Gasteiger partial charge in [-0.15, -0.1) is 0 Å². The normalized spacial score (nSPS) is 11.4. The standard InChI is InChI=1S/C17H13BrN2OS/c1-2-21-13-7-8-15-16(9-13)22-17-19-14(10-20(15)17)11-3-5-12(18)6-4-11/h3-10H,2H2,1H3. The van der Waals surface area contributed by atoms with Gasteiger partial charge >= 0.3 is 0 Å². The summed E-state index contributed by atoms with van der Waals surface area (Å²) in [5, 5.41) is 0. The molecule has 5 heteroatoms. The first-order chi connectivity index (χ1) is 10.7. The Kier molecular flexibility index (Phi) is 3.39. The maximum Gasteiger partial charge on any atom is 0.195 e. The van der Waals surface area contributed by atoms with Crippen LogP contribution in [0.3, 0.4) is 0 Å². The minimum absolute atomic E-state index is 0.682. The molecule has 22 heavy (non-hydrogen) atoms. The van der Waals surface area contributed by atoms with Gasteiger partial charge in [0, 0.05) is 16.2 Å². The number of rotatable bonds is 3. The molecule has 4 rings (SSSR count). The first kappa shape index (κ1) is 13.8. The van der Waals surface area contributed by atoms with Crippen LogP contribution in [0.25, 0.3) is 26.4 Å². The minimum Gasteiger partial charge on any atom is -0.494 e. The molecule has 0 N–H and O–H groups in total. The van der Waals surface area contributed by atoms with Crippen LogP contribution in [0.4, 0.5) is 0 Å². The second-order valence-corrected chi connectivity index (χ2v) is 6.87. The van der Waals surface area contributed by atoms with Crippen molar-refractivity contribution in [2.24, 2.45) is 0 Å². The van der Waals surface area contributed by atoms with Crippen molar-refractivity contribution in [3.63, 3.8) is 0 Å². The lowest BCUT2D eigenvalue weighted by Gasteiger charge is -2.01. The molecule has 2 heterocycles. The molecule has 0 aliphatic rings. The Labute approximate surface area is 140 Å². The van der Waals surface area contributed by atoms with Crippen molar-refractivity contribution in [2.45, 2.75) is 6.92 Å². The van der Waals surface area contributed by atoms with Gasteiger partial charge in [0.2, 0.25) is 0 Å². The van der Waals surface area contributed by atoms with E-state index in [0.717, 1.165) is 26.4 Å². The van der Waals surface area contributed by atoms with Gasteiger partial charge in [-0.05, 0) is 37.3 Å². The van der Waals surface area contributed by atoms with Gasteiger partial charge in [-0.2, -0.15) is 0 Å². The van der Waals surface area contributed by atoms with E-state index in [1.807, 2.05) is 25.1 Å². The second kappa shape index (κ2) is 5.41. The van der Waals surface area contributed by atoms with E-state index < -0.39 is 0 Å². The minimum atomic E-state index is 0.682. The van der Waals surface area contributed by atoms with Crippen molar-refractivity contribution >= 4 is 42.4 Å². The fourth-order valence-electron chi connectivity index (χ4n) is 2.50. The SMILES string of the molecule is CCOc1ccc2c(c1)sc1nc(-c3ccc(Br)cc3)cn12. The smallest absolute Gasteiger partial charge is 0.195 e. The highest BCUT2D eigenvalue weighted by Crippen LogP contribution is 2.32. The van der Waals surface area contributed by atoms with Crippen molar-refractivity contribution in [3.8, 4) is 17.0 Å². The van der Waals surface area contributed by atoms with Crippen LogP contribution in [0.5, 0.6) is 5.75 Å². The highest BCUT2D eigenvalue weighted by Gasteiger charge is 2.10. The average molecular weight is 373 g/mol. The maximum atomic E-state index is 5.56. The number of hydrogen-bond acceptors (Lipinski definition) is 3. The zero-order valence-electron chi connectivity index (χ0n) is 11.9. The molecule has 4 aromatic rings. The maximum absolute atomic E-state index is 5.56. The number of thiazole rings is 1. The van der Waals surface area contributed by atoms with Gasteiger partial charge in [-0.3, -0.25) is 4.40 Å². The third-order valence-electron chi connectivity index (χ3n) is 3.52. The van der Waals surface area contributed by atoms with Gasteiger partial charge in [0.05, 0.1) is 22.5 Å². The Hall–Kier alpha value is -1.85. The molecule has 0 fully saturated rings. The fraction of sp³-hybridized carbons (Fsp3) is 0.118. The van der Waals surface area contributed by atoms with Gasteiger partial charge in [-0.1, -0.05) is 39.4 Å². The zero-order valence-corrected chi connectivity index (χ0v) is 14.3. The van der Waals surface area contributed by atoms with Crippen LogP contribution in [0.1, 0.15) is 6.92 Å². The molecule has 2 aromatic heterocycles. The lowest BCUT2D eigenvalue weighted by Crippen LogP contribution is -1.90. The molecule has 3 nitrogen and oxygen atoms in total. The molecule has 0 aliphatic carbocycles. The van der Waals surface area contributed by atoms with Crippen molar-refractivity contribution in [3.05, 3.63) is 53.1 Å². The molecule has 0 saturated carbocycles. The summed E-state index contributed by atoms with van der Waals surface area (Å²) >= 11 is 5.14. The Balaban J connectivity index is 1.83. The van der Waals surface area contributed by atoms with Gasteiger partial charge in [0.25, 0.3) is 0 Å². The quantitative estimate of drug-likeness (QED) is 0.482. The van der Waals surface area contributed by atoms with Crippen LogP contribution in [0.15, 0.2) is 53.1 Å². The summed E-state index contributed by atoms with van der Waals surface area (Å²) < 4.78 is 9.97. The molecule has 0 spiro atoms. The van der Waals surface area contributed by atoms with E-state index in [0.29, 0.717) is 6.61 Å². The van der Waals surface area contributed by atoms with Crippen LogP contribution in [-0.2, 0) is 0 Å². The summed E-state index contributed by atoms with van der Waals surface area (Å²) in [6.07, 6.45) is 2.09. The Morgan fingerprint density at radius 2 is 2.00 bits per heavy atom. The molecule has 0 amide bonds. The van der Waals surface area contributed by atoms with Gasteiger partial charge in [-0.25, -0.2) is 4.98 Å². The highest BCUT2D eigenvalue weighted by atomic mass is 79.9. The molecule has 0 unspecified atom stereocenters. The number of aromatic nitrogens is 2. The second-order valence-electron chi connectivity index (χ2n) is 4.95. The average Bonchev–Trinajstić information content (AvgIpc) is 3.05. The molecule has 0 atom stereocenters. The van der Waals surface area contributed by atoms with E-state index in [1.54, 1.807) is 11.3 Å².